The number of fused-ring (bicyclic) bond motifs is 1. The highest BCUT2D eigenvalue weighted by atomic mass is 16.5. The van der Waals surface area contributed by atoms with Crippen LogP contribution in [-0.2, 0) is 0 Å². The number of benzene rings is 1. The third-order valence-corrected chi connectivity index (χ3v) is 3.96. The van der Waals surface area contributed by atoms with Gasteiger partial charge in [-0.25, -0.2) is 0 Å². The number of piperazine rings is 1. The number of pyridine rings is 1. The van der Waals surface area contributed by atoms with Gasteiger partial charge in [-0.15, -0.1) is 0 Å². The van der Waals surface area contributed by atoms with Gasteiger partial charge in [0, 0.05) is 44.3 Å². The van der Waals surface area contributed by atoms with Crippen LogP contribution in [-0.4, -0.2) is 54.8 Å². The van der Waals surface area contributed by atoms with Crippen molar-refractivity contribution in [1.29, 1.82) is 0 Å². The van der Waals surface area contributed by atoms with Gasteiger partial charge in [-0.1, -0.05) is 6.07 Å². The van der Waals surface area contributed by atoms with Crippen molar-refractivity contribution >= 4 is 10.8 Å². The maximum Gasteiger partial charge on any atom is 0.119 e. The highest BCUT2D eigenvalue weighted by Gasteiger charge is 2.18. The second-order valence-corrected chi connectivity index (χ2v) is 5.35. The molecular weight excluding hydrogens is 266 g/mol. The monoisotopic (exact) mass is 287 g/mol. The van der Waals surface area contributed by atoms with Crippen molar-refractivity contribution in [2.24, 2.45) is 0 Å². The summed E-state index contributed by atoms with van der Waals surface area (Å²) in [5.74, 6) is 0.783. The van der Waals surface area contributed by atoms with Crippen LogP contribution in [0, 0.1) is 0 Å². The van der Waals surface area contributed by atoms with Crippen LogP contribution in [0.5, 0.6) is 5.75 Å². The summed E-state index contributed by atoms with van der Waals surface area (Å²) in [6, 6.07) is 7.82. The van der Waals surface area contributed by atoms with Crippen molar-refractivity contribution in [3.05, 3.63) is 36.2 Å². The molecule has 1 fully saturated rings. The first kappa shape index (κ1) is 14.3. The highest BCUT2D eigenvalue weighted by molar-refractivity contribution is 5.86. The van der Waals surface area contributed by atoms with Gasteiger partial charge in [0.15, 0.2) is 0 Å². The van der Waals surface area contributed by atoms with Crippen molar-refractivity contribution in [3.8, 4) is 5.75 Å². The smallest absolute Gasteiger partial charge is 0.119 e. The molecule has 112 valence electrons. The van der Waals surface area contributed by atoms with E-state index in [-0.39, 0.29) is 0 Å². The van der Waals surface area contributed by atoms with Crippen LogP contribution in [0.3, 0.4) is 0 Å². The van der Waals surface area contributed by atoms with Crippen molar-refractivity contribution < 1.29 is 9.84 Å². The molecule has 0 bridgehead atoms. The molecule has 0 spiro atoms. The lowest BCUT2D eigenvalue weighted by Gasteiger charge is -2.29. The van der Waals surface area contributed by atoms with Crippen LogP contribution in [0.25, 0.3) is 10.8 Å². The number of β-amino-alcohol motifs (C(OH)–C–C–N with tert-alkyl or cyclic N) is 1. The molecule has 1 saturated heterocycles. The number of nitrogens with one attached hydrogen (secondary N) is 1. The van der Waals surface area contributed by atoms with Crippen molar-refractivity contribution in [3.63, 3.8) is 0 Å². The fourth-order valence-corrected chi connectivity index (χ4v) is 2.79. The van der Waals surface area contributed by atoms with Gasteiger partial charge in [0.25, 0.3) is 0 Å². The Morgan fingerprint density at radius 1 is 1.33 bits per heavy atom. The van der Waals surface area contributed by atoms with Crippen LogP contribution in [0.15, 0.2) is 30.5 Å². The summed E-state index contributed by atoms with van der Waals surface area (Å²) in [5.41, 5.74) is 0.727. The Bertz CT molecular complexity index is 611. The van der Waals surface area contributed by atoms with E-state index in [0.717, 1.165) is 48.4 Å². The number of rotatable bonds is 4. The number of aliphatic hydroxyl groups excluding tert-OH is 1. The SMILES string of the molecule is COc1ccc2ccnc(C(O)CN3CCNCC3)c2c1. The first-order chi connectivity index (χ1) is 10.3. The predicted molar refractivity (Wildman–Crippen MR) is 82.6 cm³/mol. The van der Waals surface area contributed by atoms with Crippen LogP contribution in [0.1, 0.15) is 11.8 Å². The van der Waals surface area contributed by atoms with Crippen LogP contribution in [0.4, 0.5) is 0 Å². The van der Waals surface area contributed by atoms with Gasteiger partial charge in [-0.05, 0) is 23.6 Å². The van der Waals surface area contributed by atoms with E-state index in [4.69, 9.17) is 4.74 Å². The summed E-state index contributed by atoms with van der Waals surface area (Å²) in [6.07, 6.45) is 1.17. The summed E-state index contributed by atoms with van der Waals surface area (Å²) >= 11 is 0. The molecule has 0 saturated carbocycles. The number of hydrogen-bond acceptors (Lipinski definition) is 5. The normalized spacial score (nSPS) is 17.8. The van der Waals surface area contributed by atoms with Gasteiger partial charge < -0.3 is 15.2 Å². The van der Waals surface area contributed by atoms with Crippen molar-refractivity contribution in [2.75, 3.05) is 39.8 Å². The predicted octanol–water partition coefficient (Wildman–Crippen LogP) is 1.18. The molecule has 3 rings (SSSR count). The minimum absolute atomic E-state index is 0.584. The minimum Gasteiger partial charge on any atom is -0.497 e. The molecular formula is C16H21N3O2. The van der Waals surface area contributed by atoms with Gasteiger partial charge in [0.05, 0.1) is 12.8 Å². The van der Waals surface area contributed by atoms with E-state index in [9.17, 15) is 5.11 Å². The Morgan fingerprint density at radius 3 is 2.90 bits per heavy atom. The standard InChI is InChI=1S/C16H21N3O2/c1-21-13-3-2-12-4-5-18-16(14(12)10-13)15(20)11-19-8-6-17-7-9-19/h2-5,10,15,17,20H,6-9,11H2,1H3. The topological polar surface area (TPSA) is 57.6 Å². The zero-order chi connectivity index (χ0) is 14.7. The molecule has 21 heavy (non-hydrogen) atoms. The van der Waals surface area contributed by atoms with E-state index in [2.05, 4.69) is 15.2 Å². The Balaban J connectivity index is 1.87. The molecule has 1 atom stereocenters. The minimum atomic E-state index is -0.584. The second-order valence-electron chi connectivity index (χ2n) is 5.35. The zero-order valence-corrected chi connectivity index (χ0v) is 12.2. The number of hydrogen-bond donors (Lipinski definition) is 2. The van der Waals surface area contributed by atoms with Crippen molar-refractivity contribution in [2.45, 2.75) is 6.10 Å². The van der Waals surface area contributed by atoms with E-state index in [0.29, 0.717) is 6.54 Å². The molecule has 1 aliphatic rings. The molecule has 1 aliphatic heterocycles. The van der Waals surface area contributed by atoms with Crippen molar-refractivity contribution in [1.82, 2.24) is 15.2 Å². The summed E-state index contributed by atoms with van der Waals surface area (Å²) in [7, 11) is 1.65. The number of ether oxygens (including phenoxy) is 1. The van der Waals surface area contributed by atoms with E-state index in [1.165, 1.54) is 0 Å². The summed E-state index contributed by atoms with van der Waals surface area (Å²) in [4.78, 5) is 6.67. The molecule has 2 N–H and O–H groups in total. The Morgan fingerprint density at radius 2 is 2.14 bits per heavy atom. The average molecular weight is 287 g/mol. The molecule has 2 aromatic rings. The Kier molecular flexibility index (Phi) is 4.34. The Labute approximate surface area is 124 Å². The number of methoxy groups -OCH3 is 1. The summed E-state index contributed by atoms with van der Waals surface area (Å²) in [5, 5.41) is 15.9. The molecule has 0 radical (unpaired) electrons. The molecule has 1 aromatic heterocycles. The van der Waals surface area contributed by atoms with Gasteiger partial charge in [0.2, 0.25) is 0 Å². The van der Waals surface area contributed by atoms with Gasteiger partial charge in [-0.3, -0.25) is 9.88 Å². The van der Waals surface area contributed by atoms with Crippen LogP contribution < -0.4 is 10.1 Å². The quantitative estimate of drug-likeness (QED) is 0.884. The number of nitrogens with zero attached hydrogens (tertiary/aromatic N) is 2. The second kappa shape index (κ2) is 6.39. The molecule has 2 heterocycles. The highest BCUT2D eigenvalue weighted by Crippen LogP contribution is 2.26. The number of aliphatic hydroxyl groups is 1. The first-order valence-electron chi connectivity index (χ1n) is 7.32. The fourth-order valence-electron chi connectivity index (χ4n) is 2.79. The third-order valence-electron chi connectivity index (χ3n) is 3.96. The lowest BCUT2D eigenvalue weighted by molar-refractivity contribution is 0.103. The number of aromatic nitrogens is 1. The van der Waals surface area contributed by atoms with Crippen LogP contribution in [0.2, 0.25) is 0 Å². The summed E-state index contributed by atoms with van der Waals surface area (Å²) < 4.78 is 5.28. The Hall–Kier alpha value is -1.69. The average Bonchev–Trinajstić information content (AvgIpc) is 2.54. The molecule has 0 amide bonds. The van der Waals surface area contributed by atoms with E-state index < -0.39 is 6.10 Å². The van der Waals surface area contributed by atoms with Gasteiger partial charge >= 0.3 is 0 Å². The van der Waals surface area contributed by atoms with Gasteiger partial charge in [0.1, 0.15) is 11.9 Å². The summed E-state index contributed by atoms with van der Waals surface area (Å²) in [6.45, 7) is 4.49. The third kappa shape index (κ3) is 3.15. The molecule has 1 unspecified atom stereocenters. The fraction of sp³-hybridized carbons (Fsp3) is 0.438. The lowest BCUT2D eigenvalue weighted by atomic mass is 10.1. The lowest BCUT2D eigenvalue weighted by Crippen LogP contribution is -2.45. The maximum atomic E-state index is 10.6. The molecule has 0 aliphatic carbocycles. The van der Waals surface area contributed by atoms with Crippen LogP contribution >= 0.6 is 0 Å². The molecule has 1 aromatic carbocycles. The van der Waals surface area contributed by atoms with Gasteiger partial charge in [-0.2, -0.15) is 0 Å². The maximum absolute atomic E-state index is 10.6. The largest absolute Gasteiger partial charge is 0.497 e. The van der Waals surface area contributed by atoms with E-state index in [1.807, 2.05) is 24.3 Å². The molecule has 5 heteroatoms. The first-order valence-corrected chi connectivity index (χ1v) is 7.32. The van der Waals surface area contributed by atoms with E-state index in [1.54, 1.807) is 13.3 Å². The zero-order valence-electron chi connectivity index (χ0n) is 12.2. The van der Waals surface area contributed by atoms with E-state index >= 15 is 0 Å². The molecule has 5 nitrogen and oxygen atoms in total.